The van der Waals surface area contributed by atoms with Gasteiger partial charge in [-0.05, 0) is 60.5 Å². The minimum absolute atomic E-state index is 0.0625. The molecule has 0 heterocycles. The Kier molecular flexibility index (Phi) is 7.82. The van der Waals surface area contributed by atoms with Gasteiger partial charge in [-0.1, -0.05) is 60.7 Å². The normalized spacial score (nSPS) is 11.4. The number of carboxylic acids is 1. The summed E-state index contributed by atoms with van der Waals surface area (Å²) in [5, 5.41) is 14.6. The lowest BCUT2D eigenvalue weighted by Crippen LogP contribution is -2.19. The number of rotatable bonds is 8. The zero-order valence-corrected chi connectivity index (χ0v) is 20.3. The quantitative estimate of drug-likeness (QED) is 0.245. The molecule has 4 rings (SSSR count). The molecular weight excluding hydrogens is 472 g/mol. The lowest BCUT2D eigenvalue weighted by atomic mass is 10.1. The molecule has 180 valence electrons. The van der Waals surface area contributed by atoms with Crippen LogP contribution in [0.1, 0.15) is 37.1 Å². The maximum Gasteiger partial charge on any atom is 0.336 e. The Balaban J connectivity index is 1.51. The first kappa shape index (κ1) is 24.8. The van der Waals surface area contributed by atoms with Crippen LogP contribution < -0.4 is 10.6 Å². The van der Waals surface area contributed by atoms with Gasteiger partial charge in [0.15, 0.2) is 0 Å². The second-order valence-electron chi connectivity index (χ2n) is 8.04. The van der Waals surface area contributed by atoms with Crippen molar-refractivity contribution in [2.75, 3.05) is 10.6 Å². The van der Waals surface area contributed by atoms with E-state index < -0.39 is 17.1 Å². The Morgan fingerprint density at radius 1 is 0.722 bits per heavy atom. The highest BCUT2D eigenvalue weighted by Crippen LogP contribution is 2.37. The summed E-state index contributed by atoms with van der Waals surface area (Å²) in [4.78, 5) is 38.2. The fraction of sp³-hybridized carbons (Fsp3) is 0.0690. The van der Waals surface area contributed by atoms with Crippen molar-refractivity contribution < 1.29 is 19.5 Å². The van der Waals surface area contributed by atoms with E-state index in [-0.39, 0.29) is 17.0 Å². The van der Waals surface area contributed by atoms with Crippen LogP contribution in [0.3, 0.4) is 0 Å². The molecule has 4 aromatic rings. The number of hydrogen-bond donors (Lipinski definition) is 3. The number of nitrogens with one attached hydrogen (secondary N) is 2. The van der Waals surface area contributed by atoms with Crippen molar-refractivity contribution in [1.29, 1.82) is 0 Å². The van der Waals surface area contributed by atoms with E-state index in [4.69, 9.17) is 0 Å². The van der Waals surface area contributed by atoms with Gasteiger partial charge < -0.3 is 15.7 Å². The van der Waals surface area contributed by atoms with Crippen LogP contribution in [0.5, 0.6) is 0 Å². The number of carbonyl (C=O) groups is 3. The Hall–Kier alpha value is -4.36. The summed E-state index contributed by atoms with van der Waals surface area (Å²) >= 11 is 1.40. The van der Waals surface area contributed by atoms with E-state index in [1.807, 2.05) is 73.7 Å². The van der Waals surface area contributed by atoms with Gasteiger partial charge in [0.2, 0.25) is 5.91 Å². The van der Waals surface area contributed by atoms with Gasteiger partial charge in [-0.3, -0.25) is 9.59 Å². The monoisotopic (exact) mass is 496 g/mol. The molecule has 36 heavy (non-hydrogen) atoms. The van der Waals surface area contributed by atoms with Crippen LogP contribution in [0.2, 0.25) is 0 Å². The SMILES string of the molecule is Cc1ccccc1NC(=O)[C@H](Sc1ccc(NC(=O)c2ccccc2C(=O)O)cc1)c1ccccc1. The lowest BCUT2D eigenvalue weighted by Gasteiger charge is -2.18. The fourth-order valence-electron chi connectivity index (χ4n) is 3.63. The van der Waals surface area contributed by atoms with Crippen LogP contribution in [-0.2, 0) is 4.79 Å². The number of amides is 2. The number of thioether (sulfide) groups is 1. The first-order valence-corrected chi connectivity index (χ1v) is 12.1. The molecule has 0 saturated heterocycles. The third-order valence-electron chi connectivity index (χ3n) is 5.51. The van der Waals surface area contributed by atoms with Crippen molar-refractivity contribution in [2.24, 2.45) is 0 Å². The van der Waals surface area contributed by atoms with Gasteiger partial charge in [0.1, 0.15) is 5.25 Å². The van der Waals surface area contributed by atoms with Gasteiger partial charge in [-0.15, -0.1) is 11.8 Å². The predicted octanol–water partition coefficient (Wildman–Crippen LogP) is 6.42. The predicted molar refractivity (Wildman–Crippen MR) is 143 cm³/mol. The summed E-state index contributed by atoms with van der Waals surface area (Å²) in [6, 6.07) is 30.3. The highest BCUT2D eigenvalue weighted by molar-refractivity contribution is 8.00. The number of carboxylic acid groups (broad SMARTS) is 1. The van der Waals surface area contributed by atoms with E-state index >= 15 is 0 Å². The molecule has 0 fully saturated rings. The minimum Gasteiger partial charge on any atom is -0.478 e. The number of aromatic carboxylic acids is 1. The Labute approximate surface area is 213 Å². The average molecular weight is 497 g/mol. The van der Waals surface area contributed by atoms with Crippen LogP contribution in [-0.4, -0.2) is 22.9 Å². The molecule has 0 aliphatic rings. The Bertz CT molecular complexity index is 1390. The van der Waals surface area contributed by atoms with Crippen LogP contribution in [0.15, 0.2) is 108 Å². The van der Waals surface area contributed by atoms with Gasteiger partial charge in [0.25, 0.3) is 5.91 Å². The second-order valence-corrected chi connectivity index (χ2v) is 9.22. The van der Waals surface area contributed by atoms with E-state index in [9.17, 15) is 19.5 Å². The third-order valence-corrected chi connectivity index (χ3v) is 6.78. The van der Waals surface area contributed by atoms with Gasteiger partial charge in [-0.2, -0.15) is 0 Å². The van der Waals surface area contributed by atoms with E-state index in [1.54, 1.807) is 24.3 Å². The Morgan fingerprint density at radius 3 is 2.00 bits per heavy atom. The molecule has 6 nitrogen and oxygen atoms in total. The van der Waals surface area contributed by atoms with Crippen molar-refractivity contribution in [3.05, 3.63) is 125 Å². The van der Waals surface area contributed by atoms with Gasteiger partial charge in [0.05, 0.1) is 11.1 Å². The maximum atomic E-state index is 13.3. The molecule has 0 spiro atoms. The Morgan fingerprint density at radius 2 is 1.33 bits per heavy atom. The number of aryl methyl sites for hydroxylation is 1. The summed E-state index contributed by atoms with van der Waals surface area (Å²) in [7, 11) is 0. The van der Waals surface area contributed by atoms with E-state index in [0.717, 1.165) is 21.7 Å². The fourth-order valence-corrected chi connectivity index (χ4v) is 4.66. The molecule has 7 heteroatoms. The standard InChI is InChI=1S/C29H24N2O4S/c1-19-9-5-8-14-25(19)31-28(33)26(20-10-3-2-4-11-20)36-22-17-15-21(16-18-22)30-27(32)23-12-6-7-13-24(23)29(34)35/h2-18,26H,1H3,(H,30,32)(H,31,33)(H,34,35)/t26-/m1/s1. The van der Waals surface area contributed by atoms with Crippen molar-refractivity contribution in [2.45, 2.75) is 17.1 Å². The molecule has 0 aliphatic heterocycles. The number of para-hydroxylation sites is 1. The maximum absolute atomic E-state index is 13.3. The molecule has 0 bridgehead atoms. The van der Waals surface area contributed by atoms with Crippen LogP contribution in [0.4, 0.5) is 11.4 Å². The highest BCUT2D eigenvalue weighted by Gasteiger charge is 2.23. The zero-order valence-electron chi connectivity index (χ0n) is 19.5. The molecule has 0 unspecified atom stereocenters. The zero-order chi connectivity index (χ0) is 25.5. The first-order chi connectivity index (χ1) is 17.4. The smallest absolute Gasteiger partial charge is 0.336 e. The molecule has 0 aromatic heterocycles. The summed E-state index contributed by atoms with van der Waals surface area (Å²) in [6.07, 6.45) is 0. The molecule has 2 amide bonds. The summed E-state index contributed by atoms with van der Waals surface area (Å²) < 4.78 is 0. The third kappa shape index (κ3) is 6.00. The van der Waals surface area contributed by atoms with Crippen LogP contribution in [0, 0.1) is 6.92 Å². The number of carbonyl (C=O) groups excluding carboxylic acids is 2. The van der Waals surface area contributed by atoms with Gasteiger partial charge in [0, 0.05) is 16.3 Å². The molecular formula is C29H24N2O4S. The summed E-state index contributed by atoms with van der Waals surface area (Å²) in [5.74, 6) is -1.81. The van der Waals surface area contributed by atoms with Crippen LogP contribution >= 0.6 is 11.8 Å². The van der Waals surface area contributed by atoms with Gasteiger partial charge >= 0.3 is 5.97 Å². The van der Waals surface area contributed by atoms with E-state index in [1.165, 1.54) is 23.9 Å². The lowest BCUT2D eigenvalue weighted by molar-refractivity contribution is -0.115. The molecule has 0 aliphatic carbocycles. The molecule has 0 radical (unpaired) electrons. The number of hydrogen-bond acceptors (Lipinski definition) is 4. The largest absolute Gasteiger partial charge is 0.478 e. The highest BCUT2D eigenvalue weighted by atomic mass is 32.2. The number of benzene rings is 4. The molecule has 4 aromatic carbocycles. The molecule has 0 saturated carbocycles. The first-order valence-electron chi connectivity index (χ1n) is 11.2. The van der Waals surface area contributed by atoms with Crippen molar-refractivity contribution in [3.63, 3.8) is 0 Å². The summed E-state index contributed by atoms with van der Waals surface area (Å²) in [5.41, 5.74) is 3.16. The van der Waals surface area contributed by atoms with Crippen molar-refractivity contribution in [1.82, 2.24) is 0 Å². The van der Waals surface area contributed by atoms with E-state index in [0.29, 0.717) is 5.69 Å². The molecule has 1 atom stereocenters. The molecule has 3 N–H and O–H groups in total. The van der Waals surface area contributed by atoms with Crippen molar-refractivity contribution in [3.8, 4) is 0 Å². The van der Waals surface area contributed by atoms with Gasteiger partial charge in [-0.25, -0.2) is 4.79 Å². The topological polar surface area (TPSA) is 95.5 Å². The second kappa shape index (κ2) is 11.4. The van der Waals surface area contributed by atoms with Crippen molar-refractivity contribution >= 4 is 40.9 Å². The van der Waals surface area contributed by atoms with E-state index in [2.05, 4.69) is 10.6 Å². The average Bonchev–Trinajstić information content (AvgIpc) is 2.90. The number of anilines is 2. The van der Waals surface area contributed by atoms with Crippen LogP contribution in [0.25, 0.3) is 0 Å². The summed E-state index contributed by atoms with van der Waals surface area (Å²) in [6.45, 7) is 1.95. The minimum atomic E-state index is -1.16.